The van der Waals surface area contributed by atoms with E-state index in [2.05, 4.69) is 17.6 Å². The highest BCUT2D eigenvalue weighted by atomic mass is 16.5. The van der Waals surface area contributed by atoms with Gasteiger partial charge in [0.25, 0.3) is 0 Å². The van der Waals surface area contributed by atoms with Crippen molar-refractivity contribution in [1.82, 2.24) is 10.6 Å². The molecule has 0 aliphatic heterocycles. The number of nitrogens with one attached hydrogen (secondary N) is 2. The van der Waals surface area contributed by atoms with Gasteiger partial charge in [0.15, 0.2) is 0 Å². The van der Waals surface area contributed by atoms with E-state index in [1.807, 2.05) is 0 Å². The van der Waals surface area contributed by atoms with Crippen LogP contribution in [-0.2, 0) is 4.74 Å². The van der Waals surface area contributed by atoms with E-state index in [0.717, 1.165) is 45.3 Å². The van der Waals surface area contributed by atoms with E-state index in [1.165, 1.54) is 19.3 Å². The van der Waals surface area contributed by atoms with E-state index >= 15 is 0 Å². The minimum atomic E-state index is 0.873. The molecular weight excluding hydrogens is 176 g/mol. The summed E-state index contributed by atoms with van der Waals surface area (Å²) in [7, 11) is 0. The minimum Gasteiger partial charge on any atom is -0.380 e. The van der Waals surface area contributed by atoms with Gasteiger partial charge in [-0.2, -0.15) is 0 Å². The predicted molar refractivity (Wildman–Crippen MR) is 59.6 cm³/mol. The fraction of sp³-hybridized carbons (Fsp3) is 1.00. The Hall–Kier alpha value is -0.120. The maximum atomic E-state index is 5.51. The smallest absolute Gasteiger partial charge is 0.0591 e. The maximum absolute atomic E-state index is 5.51. The summed E-state index contributed by atoms with van der Waals surface area (Å²) in [6, 6.07) is 0. The van der Waals surface area contributed by atoms with Gasteiger partial charge in [-0.3, -0.25) is 0 Å². The third-order valence-electron chi connectivity index (χ3n) is 2.43. The molecule has 0 aromatic carbocycles. The molecule has 1 saturated carbocycles. The van der Waals surface area contributed by atoms with Crippen molar-refractivity contribution < 1.29 is 4.74 Å². The molecule has 0 aromatic rings. The summed E-state index contributed by atoms with van der Waals surface area (Å²) in [6.45, 7) is 8.28. The van der Waals surface area contributed by atoms with Crippen LogP contribution in [0.2, 0.25) is 0 Å². The normalized spacial score (nSPS) is 16.1. The highest BCUT2D eigenvalue weighted by Crippen LogP contribution is 2.28. The number of hydrogen-bond donors (Lipinski definition) is 2. The summed E-state index contributed by atoms with van der Waals surface area (Å²) in [6.07, 6.45) is 3.97. The standard InChI is InChI=1S/C11H24N2O/c1-2-12-6-3-7-13-8-9-14-10-11-4-5-11/h11-13H,2-10H2,1H3. The molecule has 0 spiro atoms. The molecule has 84 valence electrons. The molecule has 0 saturated heterocycles. The van der Waals surface area contributed by atoms with Crippen LogP contribution in [0.15, 0.2) is 0 Å². The summed E-state index contributed by atoms with van der Waals surface area (Å²) < 4.78 is 5.51. The van der Waals surface area contributed by atoms with Gasteiger partial charge < -0.3 is 15.4 Å². The van der Waals surface area contributed by atoms with Gasteiger partial charge in [0.1, 0.15) is 0 Å². The lowest BCUT2D eigenvalue weighted by atomic mass is 10.4. The lowest BCUT2D eigenvalue weighted by Crippen LogP contribution is -2.24. The molecule has 3 heteroatoms. The number of rotatable bonds is 10. The fourth-order valence-electron chi connectivity index (χ4n) is 1.32. The largest absolute Gasteiger partial charge is 0.380 e. The Labute approximate surface area is 87.6 Å². The summed E-state index contributed by atoms with van der Waals surface area (Å²) in [5, 5.41) is 6.68. The van der Waals surface area contributed by atoms with Gasteiger partial charge in [-0.25, -0.2) is 0 Å². The molecule has 1 rings (SSSR count). The topological polar surface area (TPSA) is 33.3 Å². The van der Waals surface area contributed by atoms with Crippen LogP contribution in [0.4, 0.5) is 0 Å². The lowest BCUT2D eigenvalue weighted by molar-refractivity contribution is 0.126. The number of hydrogen-bond acceptors (Lipinski definition) is 3. The third kappa shape index (κ3) is 7.30. The van der Waals surface area contributed by atoms with Gasteiger partial charge in [0.05, 0.1) is 6.61 Å². The monoisotopic (exact) mass is 200 g/mol. The zero-order valence-corrected chi connectivity index (χ0v) is 9.35. The van der Waals surface area contributed by atoms with Crippen molar-refractivity contribution in [3.63, 3.8) is 0 Å². The van der Waals surface area contributed by atoms with Crippen LogP contribution in [0.5, 0.6) is 0 Å². The first kappa shape index (κ1) is 12.0. The van der Waals surface area contributed by atoms with Gasteiger partial charge in [0, 0.05) is 13.2 Å². The van der Waals surface area contributed by atoms with E-state index < -0.39 is 0 Å². The minimum absolute atomic E-state index is 0.873. The lowest BCUT2D eigenvalue weighted by Gasteiger charge is -2.05. The first-order valence-electron chi connectivity index (χ1n) is 5.92. The van der Waals surface area contributed by atoms with Gasteiger partial charge in [-0.15, -0.1) is 0 Å². The summed E-state index contributed by atoms with van der Waals surface area (Å²) in [4.78, 5) is 0. The van der Waals surface area contributed by atoms with Crippen molar-refractivity contribution in [2.45, 2.75) is 26.2 Å². The summed E-state index contributed by atoms with van der Waals surface area (Å²) in [5.74, 6) is 0.892. The maximum Gasteiger partial charge on any atom is 0.0591 e. The van der Waals surface area contributed by atoms with E-state index in [-0.39, 0.29) is 0 Å². The molecule has 0 unspecified atom stereocenters. The summed E-state index contributed by atoms with van der Waals surface area (Å²) in [5.41, 5.74) is 0. The van der Waals surface area contributed by atoms with Crippen molar-refractivity contribution in [1.29, 1.82) is 0 Å². The van der Waals surface area contributed by atoms with Crippen LogP contribution in [0, 0.1) is 5.92 Å². The average Bonchev–Trinajstić information content (AvgIpc) is 2.99. The fourth-order valence-corrected chi connectivity index (χ4v) is 1.32. The first-order chi connectivity index (χ1) is 6.93. The van der Waals surface area contributed by atoms with Gasteiger partial charge in [-0.05, 0) is 44.8 Å². The van der Waals surface area contributed by atoms with E-state index in [9.17, 15) is 0 Å². The molecule has 0 heterocycles. The Kier molecular flexibility index (Phi) is 7.01. The predicted octanol–water partition coefficient (Wildman–Crippen LogP) is 1.00. The van der Waals surface area contributed by atoms with Crippen molar-refractivity contribution in [3.05, 3.63) is 0 Å². The molecule has 0 atom stereocenters. The highest BCUT2D eigenvalue weighted by Gasteiger charge is 2.20. The van der Waals surface area contributed by atoms with Gasteiger partial charge in [0.2, 0.25) is 0 Å². The van der Waals surface area contributed by atoms with Crippen LogP contribution < -0.4 is 10.6 Å². The molecule has 0 radical (unpaired) electrons. The van der Waals surface area contributed by atoms with Crippen molar-refractivity contribution >= 4 is 0 Å². The van der Waals surface area contributed by atoms with E-state index in [4.69, 9.17) is 4.74 Å². The second kappa shape index (κ2) is 8.21. The van der Waals surface area contributed by atoms with Gasteiger partial charge >= 0.3 is 0 Å². The molecule has 2 N–H and O–H groups in total. The molecule has 0 aromatic heterocycles. The Morgan fingerprint density at radius 3 is 2.64 bits per heavy atom. The molecule has 14 heavy (non-hydrogen) atoms. The Bertz CT molecular complexity index is 126. The van der Waals surface area contributed by atoms with Crippen molar-refractivity contribution in [2.24, 2.45) is 5.92 Å². The van der Waals surface area contributed by atoms with Crippen LogP contribution in [0.3, 0.4) is 0 Å². The molecule has 0 amide bonds. The Balaban J connectivity index is 1.63. The van der Waals surface area contributed by atoms with Crippen LogP contribution in [0.1, 0.15) is 26.2 Å². The summed E-state index contributed by atoms with van der Waals surface area (Å²) >= 11 is 0. The number of ether oxygens (including phenoxy) is 1. The average molecular weight is 200 g/mol. The second-order valence-corrected chi connectivity index (χ2v) is 3.98. The Morgan fingerprint density at radius 2 is 1.93 bits per heavy atom. The van der Waals surface area contributed by atoms with Crippen LogP contribution in [-0.4, -0.2) is 39.4 Å². The molecule has 3 nitrogen and oxygen atoms in total. The third-order valence-corrected chi connectivity index (χ3v) is 2.43. The molecule has 1 aliphatic rings. The second-order valence-electron chi connectivity index (χ2n) is 3.98. The Morgan fingerprint density at radius 1 is 1.14 bits per heavy atom. The van der Waals surface area contributed by atoms with E-state index in [1.54, 1.807) is 0 Å². The molecule has 1 aliphatic carbocycles. The van der Waals surface area contributed by atoms with Crippen molar-refractivity contribution in [2.75, 3.05) is 39.4 Å². The molecule has 0 bridgehead atoms. The zero-order valence-electron chi connectivity index (χ0n) is 9.35. The highest BCUT2D eigenvalue weighted by molar-refractivity contribution is 4.71. The zero-order chi connectivity index (χ0) is 10.1. The van der Waals surface area contributed by atoms with Gasteiger partial charge in [-0.1, -0.05) is 6.92 Å². The first-order valence-corrected chi connectivity index (χ1v) is 5.92. The van der Waals surface area contributed by atoms with Crippen LogP contribution in [0.25, 0.3) is 0 Å². The molecule has 1 fully saturated rings. The molecular formula is C11H24N2O. The van der Waals surface area contributed by atoms with E-state index in [0.29, 0.717) is 0 Å². The van der Waals surface area contributed by atoms with Crippen molar-refractivity contribution in [3.8, 4) is 0 Å². The van der Waals surface area contributed by atoms with Crippen LogP contribution >= 0.6 is 0 Å². The SMILES string of the molecule is CCNCCCNCCOCC1CC1. The quantitative estimate of drug-likeness (QED) is 0.516.